The minimum absolute atomic E-state index is 0.0689. The van der Waals surface area contributed by atoms with Crippen LogP contribution in [0.1, 0.15) is 92.9 Å². The molecule has 0 aromatic rings. The monoisotopic (exact) mass is 518 g/mol. The lowest BCUT2D eigenvalue weighted by molar-refractivity contribution is -0.241. The van der Waals surface area contributed by atoms with Gasteiger partial charge in [0.2, 0.25) is 0 Å². The Morgan fingerprint density at radius 2 is 1.43 bits per heavy atom. The fourth-order valence-electron chi connectivity index (χ4n) is 10.7. The summed E-state index contributed by atoms with van der Waals surface area (Å²) in [5.74, 6) is -2.53. The Morgan fingerprint density at radius 1 is 0.811 bits per heavy atom. The largest absolute Gasteiger partial charge is 0.481 e. The number of fused-ring (bicyclic) bond motifs is 7. The Labute approximate surface area is 220 Å². The maximum absolute atomic E-state index is 12.8. The van der Waals surface area contributed by atoms with E-state index < -0.39 is 52.4 Å². The molecule has 37 heavy (non-hydrogen) atoms. The van der Waals surface area contributed by atoms with E-state index in [0.717, 1.165) is 12.0 Å². The topological polar surface area (TPSA) is 135 Å². The summed E-state index contributed by atoms with van der Waals surface area (Å²) in [7, 11) is 0. The summed E-state index contributed by atoms with van der Waals surface area (Å²) in [6, 6.07) is 0. The maximum atomic E-state index is 12.8. The molecule has 7 nitrogen and oxygen atoms in total. The minimum atomic E-state index is -1.44. The number of aliphatic carboxylic acids is 2. The highest BCUT2D eigenvalue weighted by atomic mass is 16.4. The van der Waals surface area contributed by atoms with E-state index in [-0.39, 0.29) is 28.1 Å². The second-order valence-electron chi connectivity index (χ2n) is 15.0. The van der Waals surface area contributed by atoms with Crippen LogP contribution in [0.5, 0.6) is 0 Å². The van der Waals surface area contributed by atoms with Gasteiger partial charge in [-0.15, -0.1) is 0 Å². The van der Waals surface area contributed by atoms with Crippen molar-refractivity contribution in [2.45, 2.75) is 111 Å². The van der Waals surface area contributed by atoms with Crippen LogP contribution in [-0.2, 0) is 9.59 Å². The molecule has 0 radical (unpaired) electrons. The minimum Gasteiger partial charge on any atom is -0.481 e. The van der Waals surface area contributed by atoms with Crippen molar-refractivity contribution in [3.05, 3.63) is 11.6 Å². The van der Waals surface area contributed by atoms with Crippen molar-refractivity contribution < 1.29 is 35.1 Å². The van der Waals surface area contributed by atoms with Gasteiger partial charge < -0.3 is 25.5 Å². The number of rotatable bonds is 2. The summed E-state index contributed by atoms with van der Waals surface area (Å²) in [5.41, 5.74) is -2.80. The van der Waals surface area contributed by atoms with Gasteiger partial charge in [0, 0.05) is 5.92 Å². The Morgan fingerprint density at radius 3 is 2.03 bits per heavy atom. The molecule has 0 aromatic carbocycles. The van der Waals surface area contributed by atoms with Crippen LogP contribution in [0.4, 0.5) is 0 Å². The molecule has 0 bridgehead atoms. The van der Waals surface area contributed by atoms with E-state index in [1.54, 1.807) is 6.92 Å². The quantitative estimate of drug-likeness (QED) is 0.345. The van der Waals surface area contributed by atoms with E-state index in [1.165, 1.54) is 0 Å². The fraction of sp³-hybridized carbons (Fsp3) is 0.867. The zero-order valence-corrected chi connectivity index (χ0v) is 23.3. The lowest BCUT2D eigenvalue weighted by Crippen LogP contribution is -2.69. The molecule has 5 aliphatic rings. The molecule has 0 heterocycles. The standard InChI is InChI=1S/C30H46O7/c1-25(2)11-13-30(24(36)37)14-12-27(4)16(20(30)22(25)33)7-8-18-26(3)15-17(31)21(32)29(6,23(34)35)19(26)9-10-28(18,27)5/h7,17-22,31-33H,8-15H2,1-6H3,(H,34,35)(H,36,37)/t17-,18-,19-,20-,21+,22-,26-,27-,28-,29-,30+/m1/s1. The van der Waals surface area contributed by atoms with Crippen LogP contribution in [0.2, 0.25) is 0 Å². The van der Waals surface area contributed by atoms with Crippen molar-refractivity contribution in [2.75, 3.05) is 0 Å². The molecule has 5 N–H and O–H groups in total. The van der Waals surface area contributed by atoms with Gasteiger partial charge in [0.1, 0.15) is 0 Å². The smallest absolute Gasteiger partial charge is 0.312 e. The van der Waals surface area contributed by atoms with E-state index in [1.807, 2.05) is 13.8 Å². The van der Waals surface area contributed by atoms with Gasteiger partial charge in [-0.05, 0) is 91.8 Å². The molecule has 5 rings (SSSR count). The Hall–Kier alpha value is -1.44. The maximum Gasteiger partial charge on any atom is 0.312 e. The molecular weight excluding hydrogens is 472 g/mol. The van der Waals surface area contributed by atoms with Gasteiger partial charge in [0.15, 0.2) is 0 Å². The van der Waals surface area contributed by atoms with Crippen LogP contribution in [0, 0.1) is 50.2 Å². The summed E-state index contributed by atoms with van der Waals surface area (Å²) < 4.78 is 0. The number of hydrogen-bond donors (Lipinski definition) is 5. The molecule has 5 aliphatic carbocycles. The van der Waals surface area contributed by atoms with E-state index >= 15 is 0 Å². The van der Waals surface area contributed by atoms with Gasteiger partial charge in [0.05, 0.1) is 29.1 Å². The highest BCUT2D eigenvalue weighted by molar-refractivity contribution is 5.77. The van der Waals surface area contributed by atoms with Crippen LogP contribution in [0.3, 0.4) is 0 Å². The number of hydrogen-bond acceptors (Lipinski definition) is 5. The number of aliphatic hydroxyl groups excluding tert-OH is 3. The Kier molecular flexibility index (Phi) is 5.73. The Balaban J connectivity index is 1.64. The predicted octanol–water partition coefficient (Wildman–Crippen LogP) is 4.24. The number of aliphatic hydroxyl groups is 3. The normalized spacial score (nSPS) is 54.6. The van der Waals surface area contributed by atoms with E-state index in [9.17, 15) is 35.1 Å². The molecule has 0 spiro atoms. The first-order valence-electron chi connectivity index (χ1n) is 14.1. The van der Waals surface area contributed by atoms with Crippen molar-refractivity contribution in [1.82, 2.24) is 0 Å². The molecule has 208 valence electrons. The number of carboxylic acids is 2. The molecule has 7 heteroatoms. The first-order valence-corrected chi connectivity index (χ1v) is 14.1. The average Bonchev–Trinajstić information content (AvgIpc) is 2.80. The zero-order chi connectivity index (χ0) is 27.6. The first-order chi connectivity index (χ1) is 16.9. The third-order valence-electron chi connectivity index (χ3n) is 13.4. The summed E-state index contributed by atoms with van der Waals surface area (Å²) in [6.45, 7) is 12.3. The van der Waals surface area contributed by atoms with Crippen LogP contribution in [-0.4, -0.2) is 55.8 Å². The molecule has 0 amide bonds. The lowest BCUT2D eigenvalue weighted by atomic mass is 9.33. The number of carboxylic acid groups (broad SMARTS) is 2. The summed E-state index contributed by atoms with van der Waals surface area (Å²) in [6.07, 6.45) is 3.88. The van der Waals surface area contributed by atoms with Gasteiger partial charge in [-0.25, -0.2) is 0 Å². The molecule has 0 saturated heterocycles. The van der Waals surface area contributed by atoms with Gasteiger partial charge in [0.25, 0.3) is 0 Å². The fourth-order valence-corrected chi connectivity index (χ4v) is 10.7. The van der Waals surface area contributed by atoms with Crippen LogP contribution in [0.25, 0.3) is 0 Å². The lowest BCUT2D eigenvalue weighted by Gasteiger charge is -2.71. The summed E-state index contributed by atoms with van der Waals surface area (Å²) in [5, 5.41) is 54.3. The van der Waals surface area contributed by atoms with Crippen LogP contribution < -0.4 is 0 Å². The number of allylic oxidation sites excluding steroid dienone is 1. The van der Waals surface area contributed by atoms with E-state index in [2.05, 4.69) is 26.8 Å². The zero-order valence-electron chi connectivity index (χ0n) is 23.3. The molecular formula is C30H46O7. The second-order valence-corrected chi connectivity index (χ2v) is 15.0. The number of carbonyl (C=O) groups is 2. The highest BCUT2D eigenvalue weighted by Gasteiger charge is 2.72. The van der Waals surface area contributed by atoms with Crippen molar-refractivity contribution in [2.24, 2.45) is 50.2 Å². The Bertz CT molecular complexity index is 1050. The van der Waals surface area contributed by atoms with Crippen molar-refractivity contribution in [3.63, 3.8) is 0 Å². The first kappa shape index (κ1) is 27.1. The van der Waals surface area contributed by atoms with Gasteiger partial charge in [-0.3, -0.25) is 9.59 Å². The van der Waals surface area contributed by atoms with Crippen molar-refractivity contribution in [1.29, 1.82) is 0 Å². The predicted molar refractivity (Wildman–Crippen MR) is 137 cm³/mol. The van der Waals surface area contributed by atoms with Crippen LogP contribution in [0.15, 0.2) is 11.6 Å². The van der Waals surface area contributed by atoms with Crippen LogP contribution >= 0.6 is 0 Å². The second kappa shape index (κ2) is 7.82. The molecule has 4 saturated carbocycles. The SMILES string of the molecule is CC1(C)CC[C@]2(C(=O)O)CC[C@]3(C)C(=CC[C@@H]4[C@@]5(C)C[C@@H](O)[C@H](O)[C@](C)(C(=O)O)[C@@H]5CC[C@]43C)[C@@H]2[C@H]1O. The van der Waals surface area contributed by atoms with Crippen molar-refractivity contribution in [3.8, 4) is 0 Å². The molecule has 0 unspecified atom stereocenters. The molecule has 11 atom stereocenters. The van der Waals surface area contributed by atoms with Gasteiger partial charge >= 0.3 is 11.9 Å². The highest BCUT2D eigenvalue weighted by Crippen LogP contribution is 2.75. The van der Waals surface area contributed by atoms with Gasteiger partial charge in [-0.1, -0.05) is 46.3 Å². The molecule has 0 aliphatic heterocycles. The van der Waals surface area contributed by atoms with E-state index in [4.69, 9.17) is 0 Å². The van der Waals surface area contributed by atoms with Crippen molar-refractivity contribution >= 4 is 11.9 Å². The molecule has 0 aromatic heterocycles. The summed E-state index contributed by atoms with van der Waals surface area (Å²) in [4.78, 5) is 25.4. The van der Waals surface area contributed by atoms with E-state index in [0.29, 0.717) is 44.9 Å². The average molecular weight is 519 g/mol. The third-order valence-corrected chi connectivity index (χ3v) is 13.4. The van der Waals surface area contributed by atoms with Gasteiger partial charge in [-0.2, -0.15) is 0 Å². The molecule has 4 fully saturated rings. The summed E-state index contributed by atoms with van der Waals surface area (Å²) >= 11 is 0. The third kappa shape index (κ3) is 3.05.